The van der Waals surface area contributed by atoms with Gasteiger partial charge in [0, 0.05) is 36.3 Å². The number of benzene rings is 1. The van der Waals surface area contributed by atoms with Gasteiger partial charge in [0.25, 0.3) is 5.91 Å². The molecule has 3 heterocycles. The summed E-state index contributed by atoms with van der Waals surface area (Å²) in [4.78, 5) is 54.3. The number of methoxy groups -OCH3 is 1. The van der Waals surface area contributed by atoms with Crippen molar-refractivity contribution in [1.29, 1.82) is 0 Å². The molecule has 3 aromatic rings. The van der Waals surface area contributed by atoms with E-state index in [1.54, 1.807) is 19.1 Å². The highest BCUT2D eigenvalue weighted by molar-refractivity contribution is 6.02. The molecule has 1 atom stereocenters. The molecule has 0 bridgehead atoms. The zero-order chi connectivity index (χ0) is 27.5. The van der Waals surface area contributed by atoms with E-state index < -0.39 is 17.8 Å². The van der Waals surface area contributed by atoms with Gasteiger partial charge in [-0.25, -0.2) is 14.4 Å². The summed E-state index contributed by atoms with van der Waals surface area (Å²) in [6, 6.07) is 9.09. The predicted molar refractivity (Wildman–Crippen MR) is 138 cm³/mol. The van der Waals surface area contributed by atoms with Gasteiger partial charge in [0.05, 0.1) is 19.2 Å². The molecule has 39 heavy (non-hydrogen) atoms. The van der Waals surface area contributed by atoms with Crippen LogP contribution in [0.15, 0.2) is 46.3 Å². The number of hydrogen-bond acceptors (Lipinski definition) is 8. The monoisotopic (exact) mass is 534 g/mol. The van der Waals surface area contributed by atoms with Crippen molar-refractivity contribution in [3.63, 3.8) is 0 Å². The minimum Gasteiger partial charge on any atom is -0.494 e. The Kier molecular flexibility index (Phi) is 7.35. The molecule has 2 aliphatic rings. The number of ether oxygens (including phenoxy) is 1. The number of aryl methyl sites for hydroxylation is 1. The van der Waals surface area contributed by atoms with Gasteiger partial charge in [-0.15, -0.1) is 0 Å². The van der Waals surface area contributed by atoms with Crippen molar-refractivity contribution in [2.75, 3.05) is 7.11 Å². The van der Waals surface area contributed by atoms with Gasteiger partial charge in [-0.2, -0.15) is 0 Å². The van der Waals surface area contributed by atoms with Crippen LogP contribution >= 0.6 is 0 Å². The smallest absolute Gasteiger partial charge is 0.270 e. The van der Waals surface area contributed by atoms with Crippen molar-refractivity contribution in [1.82, 2.24) is 25.6 Å². The van der Waals surface area contributed by atoms with Crippen molar-refractivity contribution >= 4 is 17.5 Å². The average Bonchev–Trinajstić information content (AvgIpc) is 3.58. The number of amides is 2. The number of H-pyrrole nitrogens is 1. The van der Waals surface area contributed by atoms with Crippen LogP contribution in [0.2, 0.25) is 0 Å². The van der Waals surface area contributed by atoms with Crippen LogP contribution in [0.5, 0.6) is 5.75 Å². The molecule has 3 N–H and O–H groups in total. The first-order valence-corrected chi connectivity index (χ1v) is 12.5. The van der Waals surface area contributed by atoms with Crippen LogP contribution in [0.4, 0.5) is 4.39 Å². The van der Waals surface area contributed by atoms with Crippen molar-refractivity contribution in [3.05, 3.63) is 86.6 Å². The quantitative estimate of drug-likeness (QED) is 0.381. The Hall–Kier alpha value is -4.61. The molecule has 0 radical (unpaired) electrons. The number of halogens is 1. The van der Waals surface area contributed by atoms with E-state index in [4.69, 9.17) is 9.57 Å². The number of aromatic nitrogens is 3. The van der Waals surface area contributed by atoms with E-state index in [1.165, 1.54) is 31.4 Å². The van der Waals surface area contributed by atoms with Gasteiger partial charge < -0.3 is 25.2 Å². The van der Waals surface area contributed by atoms with Crippen LogP contribution < -0.4 is 20.9 Å². The lowest BCUT2D eigenvalue weighted by Crippen LogP contribution is -2.29. The second-order valence-electron chi connectivity index (χ2n) is 9.45. The minimum absolute atomic E-state index is 0.0218. The third-order valence-electron chi connectivity index (χ3n) is 6.37. The fourth-order valence-electron chi connectivity index (χ4n) is 4.26. The third-order valence-corrected chi connectivity index (χ3v) is 6.37. The van der Waals surface area contributed by atoms with Gasteiger partial charge >= 0.3 is 0 Å². The molecule has 2 aromatic heterocycles. The molecular weight excluding hydrogens is 507 g/mol. The Labute approximate surface area is 222 Å². The molecule has 202 valence electrons. The fraction of sp³-hybridized carbons (Fsp3) is 0.333. The van der Waals surface area contributed by atoms with Gasteiger partial charge in [0.15, 0.2) is 17.7 Å². The maximum absolute atomic E-state index is 13.7. The molecule has 1 aromatic carbocycles. The van der Waals surface area contributed by atoms with Gasteiger partial charge in [0.1, 0.15) is 17.2 Å². The van der Waals surface area contributed by atoms with Crippen molar-refractivity contribution < 1.29 is 23.6 Å². The zero-order valence-electron chi connectivity index (χ0n) is 21.4. The van der Waals surface area contributed by atoms with Crippen molar-refractivity contribution in [3.8, 4) is 5.75 Å². The number of oxime groups is 1. The second-order valence-corrected chi connectivity index (χ2v) is 9.45. The van der Waals surface area contributed by atoms with Crippen molar-refractivity contribution in [2.45, 2.75) is 51.3 Å². The molecule has 1 saturated carbocycles. The van der Waals surface area contributed by atoms with E-state index in [9.17, 15) is 18.8 Å². The van der Waals surface area contributed by atoms with E-state index in [0.29, 0.717) is 40.5 Å². The highest BCUT2D eigenvalue weighted by Gasteiger charge is 2.29. The highest BCUT2D eigenvalue weighted by Crippen LogP contribution is 2.31. The number of aromatic amines is 1. The van der Waals surface area contributed by atoms with E-state index in [-0.39, 0.29) is 41.9 Å². The third kappa shape index (κ3) is 6.28. The molecule has 0 saturated heterocycles. The first kappa shape index (κ1) is 26.0. The lowest BCUT2D eigenvalue weighted by Gasteiger charge is -2.14. The Bertz CT molecular complexity index is 1520. The Morgan fingerprint density at radius 2 is 2.00 bits per heavy atom. The number of nitrogens with one attached hydrogen (secondary N) is 3. The lowest BCUT2D eigenvalue weighted by atomic mass is 9.99. The first-order valence-electron chi connectivity index (χ1n) is 12.5. The van der Waals surface area contributed by atoms with E-state index in [0.717, 1.165) is 12.8 Å². The number of hydrogen-bond donors (Lipinski definition) is 3. The largest absolute Gasteiger partial charge is 0.494 e. The summed E-state index contributed by atoms with van der Waals surface area (Å²) >= 11 is 0. The van der Waals surface area contributed by atoms with Gasteiger partial charge in [-0.3, -0.25) is 14.4 Å². The van der Waals surface area contributed by atoms with Crippen LogP contribution in [0.3, 0.4) is 0 Å². The molecular formula is C27H27FN6O5. The molecule has 1 aliphatic carbocycles. The van der Waals surface area contributed by atoms with Crippen LogP contribution in [0, 0.1) is 12.7 Å². The second kappa shape index (κ2) is 11.0. The molecule has 1 unspecified atom stereocenters. The summed E-state index contributed by atoms with van der Waals surface area (Å²) in [6.07, 6.45) is 1.73. The lowest BCUT2D eigenvalue weighted by molar-refractivity contribution is -0.120. The zero-order valence-corrected chi connectivity index (χ0v) is 21.4. The normalized spacial score (nSPS) is 16.3. The molecule has 0 spiro atoms. The van der Waals surface area contributed by atoms with Crippen LogP contribution in [-0.2, 0) is 22.6 Å². The summed E-state index contributed by atoms with van der Waals surface area (Å²) in [7, 11) is 1.37. The molecule has 5 rings (SSSR count). The maximum Gasteiger partial charge on any atom is 0.270 e. The summed E-state index contributed by atoms with van der Waals surface area (Å²) in [5.41, 5.74) is 2.54. The minimum atomic E-state index is -0.540. The highest BCUT2D eigenvalue weighted by atomic mass is 19.1. The SMILES string of the molecule is COc1cc(CNC(=O)c2cc(C3=NOC(c4ccc(=O)[nH]c4CC(=O)NC4CC4)C3)nc(C)n2)ccc1F. The van der Waals surface area contributed by atoms with Crippen LogP contribution in [-0.4, -0.2) is 45.6 Å². The predicted octanol–water partition coefficient (Wildman–Crippen LogP) is 2.24. The number of pyridine rings is 1. The average molecular weight is 535 g/mol. The Morgan fingerprint density at radius 1 is 1.18 bits per heavy atom. The first-order chi connectivity index (χ1) is 18.8. The number of carbonyl (C=O) groups excluding carboxylic acids is 2. The summed E-state index contributed by atoms with van der Waals surface area (Å²) in [6.45, 7) is 1.81. The topological polar surface area (TPSA) is 148 Å². The number of nitrogens with zero attached hydrogens (tertiary/aromatic N) is 3. The molecule has 2 amide bonds. The van der Waals surface area contributed by atoms with Crippen molar-refractivity contribution in [2.24, 2.45) is 5.16 Å². The van der Waals surface area contributed by atoms with Gasteiger partial charge in [0.2, 0.25) is 11.5 Å². The standard InChI is InChI=1S/C27H27FN6O5/c1-14-30-20(10-22(31-14)27(37)29-13-15-3-7-18(28)24(9-15)38-2)21-11-23(39-34-21)17-6-8-25(35)33-19(17)12-26(36)32-16-4-5-16/h3,6-10,16,23H,4-5,11-13H2,1-2H3,(H,29,37)(H,32,36)(H,33,35). The fourth-order valence-corrected chi connectivity index (χ4v) is 4.26. The Morgan fingerprint density at radius 3 is 2.77 bits per heavy atom. The molecule has 1 aliphatic heterocycles. The molecule has 12 heteroatoms. The van der Waals surface area contributed by atoms with E-state index in [1.807, 2.05) is 0 Å². The summed E-state index contributed by atoms with van der Waals surface area (Å²) in [5.74, 6) is -0.637. The van der Waals surface area contributed by atoms with E-state index in [2.05, 4.69) is 30.7 Å². The van der Waals surface area contributed by atoms with Gasteiger partial charge in [-0.1, -0.05) is 11.2 Å². The summed E-state index contributed by atoms with van der Waals surface area (Å²) in [5, 5.41) is 9.86. The van der Waals surface area contributed by atoms with Gasteiger partial charge in [-0.05, 0) is 49.6 Å². The maximum atomic E-state index is 13.7. The summed E-state index contributed by atoms with van der Waals surface area (Å²) < 4.78 is 18.7. The number of carbonyl (C=O) groups is 2. The Balaban J connectivity index is 1.28. The van der Waals surface area contributed by atoms with Crippen LogP contribution in [0.1, 0.15) is 64.2 Å². The van der Waals surface area contributed by atoms with Crippen LogP contribution in [0.25, 0.3) is 0 Å². The molecule has 11 nitrogen and oxygen atoms in total. The number of rotatable bonds is 9. The van der Waals surface area contributed by atoms with E-state index >= 15 is 0 Å². The molecule has 1 fully saturated rings.